The topological polar surface area (TPSA) is 56.2 Å². The Hall–Kier alpha value is -2.04. The predicted molar refractivity (Wildman–Crippen MR) is 87.2 cm³/mol. The first-order valence-corrected chi connectivity index (χ1v) is 7.84. The normalized spacial score (nSPS) is 18.1. The minimum absolute atomic E-state index is 0.445. The molecule has 1 aliphatic heterocycles. The molecule has 1 aromatic heterocycles. The van der Waals surface area contributed by atoms with Crippen molar-refractivity contribution >= 4 is 22.8 Å². The van der Waals surface area contributed by atoms with E-state index in [2.05, 4.69) is 22.9 Å². The molecule has 118 valence electrons. The Morgan fingerprint density at radius 1 is 1.41 bits per heavy atom. The number of hydrogen-bond acceptors (Lipinski definition) is 3. The quantitative estimate of drug-likeness (QED) is 0.855. The van der Waals surface area contributed by atoms with Crippen LogP contribution in [0.2, 0.25) is 0 Å². The number of carbonyl (C=O) groups excluding carboxylic acids is 1. The monoisotopic (exact) mass is 301 g/mol. The van der Waals surface area contributed by atoms with E-state index in [1.807, 2.05) is 32.9 Å². The molecular weight excluding hydrogens is 278 g/mol. The minimum Gasteiger partial charge on any atom is -0.444 e. The summed E-state index contributed by atoms with van der Waals surface area (Å²) in [5, 5.41) is 2.83. The Kier molecular flexibility index (Phi) is 3.59. The summed E-state index contributed by atoms with van der Waals surface area (Å²) < 4.78 is 7.60. The van der Waals surface area contributed by atoms with Crippen LogP contribution in [0.25, 0.3) is 11.0 Å². The number of ether oxygens (including phenoxy) is 1. The number of para-hydroxylation sites is 1. The van der Waals surface area contributed by atoms with E-state index in [-0.39, 0.29) is 0 Å². The molecule has 1 unspecified atom stereocenters. The number of amides is 1. The van der Waals surface area contributed by atoms with E-state index < -0.39 is 11.7 Å². The van der Waals surface area contributed by atoms with Gasteiger partial charge in [-0.25, -0.2) is 9.78 Å². The predicted octanol–water partition coefficient (Wildman–Crippen LogP) is 4.28. The number of carbonyl (C=O) groups is 1. The van der Waals surface area contributed by atoms with Crippen LogP contribution in [0.4, 0.5) is 10.5 Å². The van der Waals surface area contributed by atoms with Crippen molar-refractivity contribution in [2.45, 2.75) is 58.6 Å². The summed E-state index contributed by atoms with van der Waals surface area (Å²) >= 11 is 0. The molecular formula is C17H23N3O2. The summed E-state index contributed by atoms with van der Waals surface area (Å²) in [6.45, 7) is 8.75. The molecule has 0 fully saturated rings. The first-order valence-electron chi connectivity index (χ1n) is 7.84. The summed E-state index contributed by atoms with van der Waals surface area (Å²) in [5.74, 6) is 1.57. The lowest BCUT2D eigenvalue weighted by atomic mass is 10.0. The van der Waals surface area contributed by atoms with Crippen LogP contribution in [0.15, 0.2) is 18.2 Å². The molecule has 2 heterocycles. The summed E-state index contributed by atoms with van der Waals surface area (Å²) in [6, 6.07) is 5.88. The molecule has 3 rings (SSSR count). The second-order valence-corrected chi connectivity index (χ2v) is 6.97. The summed E-state index contributed by atoms with van der Waals surface area (Å²) in [4.78, 5) is 16.8. The maximum Gasteiger partial charge on any atom is 0.412 e. The molecule has 5 heteroatoms. The van der Waals surface area contributed by atoms with Gasteiger partial charge < -0.3 is 9.30 Å². The second-order valence-electron chi connectivity index (χ2n) is 6.97. The molecule has 1 amide bonds. The number of fused-ring (bicyclic) bond motifs is 3. The summed E-state index contributed by atoms with van der Waals surface area (Å²) in [7, 11) is 0. The molecule has 0 spiro atoms. The van der Waals surface area contributed by atoms with Gasteiger partial charge in [0.2, 0.25) is 0 Å². The smallest absolute Gasteiger partial charge is 0.412 e. The van der Waals surface area contributed by atoms with Crippen molar-refractivity contribution < 1.29 is 9.53 Å². The minimum atomic E-state index is -0.514. The van der Waals surface area contributed by atoms with Crippen molar-refractivity contribution in [3.8, 4) is 0 Å². The first-order chi connectivity index (χ1) is 10.3. The Bertz CT molecular complexity index is 712. The Morgan fingerprint density at radius 3 is 2.91 bits per heavy atom. The highest BCUT2D eigenvalue weighted by atomic mass is 16.6. The van der Waals surface area contributed by atoms with Gasteiger partial charge in [0.1, 0.15) is 16.9 Å². The zero-order valence-electron chi connectivity index (χ0n) is 13.6. The van der Waals surface area contributed by atoms with Crippen molar-refractivity contribution in [2.75, 3.05) is 5.32 Å². The number of nitrogens with zero attached hydrogens (tertiary/aromatic N) is 2. The SMILES string of the molecule is CC1CCCn2c1nc1c(NC(=O)OC(C)(C)C)cccc12. The van der Waals surface area contributed by atoms with Gasteiger partial charge in [-0.15, -0.1) is 0 Å². The van der Waals surface area contributed by atoms with E-state index in [9.17, 15) is 4.79 Å². The zero-order valence-corrected chi connectivity index (χ0v) is 13.6. The third kappa shape index (κ3) is 2.80. The maximum atomic E-state index is 12.0. The highest BCUT2D eigenvalue weighted by Crippen LogP contribution is 2.32. The molecule has 0 aliphatic carbocycles. The van der Waals surface area contributed by atoms with Crippen molar-refractivity contribution in [2.24, 2.45) is 0 Å². The van der Waals surface area contributed by atoms with Gasteiger partial charge in [-0.2, -0.15) is 0 Å². The van der Waals surface area contributed by atoms with Crippen LogP contribution in [-0.2, 0) is 11.3 Å². The lowest BCUT2D eigenvalue weighted by molar-refractivity contribution is 0.0636. The molecule has 0 saturated carbocycles. The number of hydrogen-bond donors (Lipinski definition) is 1. The average molecular weight is 301 g/mol. The third-order valence-electron chi connectivity index (χ3n) is 3.90. The molecule has 22 heavy (non-hydrogen) atoms. The number of anilines is 1. The fraction of sp³-hybridized carbons (Fsp3) is 0.529. The number of nitrogens with one attached hydrogen (secondary N) is 1. The van der Waals surface area contributed by atoms with Gasteiger partial charge in [-0.05, 0) is 45.7 Å². The van der Waals surface area contributed by atoms with Gasteiger partial charge in [0, 0.05) is 12.5 Å². The Balaban J connectivity index is 1.96. The summed E-state index contributed by atoms with van der Waals surface area (Å²) in [6.07, 6.45) is 1.89. The van der Waals surface area contributed by atoms with Gasteiger partial charge in [0.15, 0.2) is 0 Å². The molecule has 1 aliphatic rings. The molecule has 1 aromatic carbocycles. The van der Waals surface area contributed by atoms with Gasteiger partial charge in [-0.3, -0.25) is 5.32 Å². The summed E-state index contributed by atoms with van der Waals surface area (Å²) in [5.41, 5.74) is 2.12. The van der Waals surface area contributed by atoms with Crippen molar-refractivity contribution in [3.05, 3.63) is 24.0 Å². The second kappa shape index (κ2) is 5.30. The molecule has 1 N–H and O–H groups in total. The van der Waals surface area contributed by atoms with E-state index in [1.165, 1.54) is 6.42 Å². The van der Waals surface area contributed by atoms with Gasteiger partial charge in [-0.1, -0.05) is 13.0 Å². The standard InChI is InChI=1S/C17H23N3O2/c1-11-7-6-10-20-13-9-5-8-12(14(13)19-15(11)20)18-16(21)22-17(2,3)4/h5,8-9,11H,6-7,10H2,1-4H3,(H,18,21). The van der Waals surface area contributed by atoms with E-state index in [0.29, 0.717) is 11.6 Å². The van der Waals surface area contributed by atoms with Gasteiger partial charge in [0.25, 0.3) is 0 Å². The Labute approximate surface area is 130 Å². The number of aromatic nitrogens is 2. The van der Waals surface area contributed by atoms with Crippen LogP contribution in [0, 0.1) is 0 Å². The number of rotatable bonds is 1. The van der Waals surface area contributed by atoms with Crippen molar-refractivity contribution in [1.29, 1.82) is 0 Å². The fourth-order valence-corrected chi connectivity index (χ4v) is 2.98. The van der Waals surface area contributed by atoms with E-state index in [4.69, 9.17) is 9.72 Å². The highest BCUT2D eigenvalue weighted by molar-refractivity contribution is 5.97. The van der Waals surface area contributed by atoms with Gasteiger partial charge >= 0.3 is 6.09 Å². The largest absolute Gasteiger partial charge is 0.444 e. The lowest BCUT2D eigenvalue weighted by Crippen LogP contribution is -2.27. The van der Waals surface area contributed by atoms with Crippen LogP contribution in [-0.4, -0.2) is 21.2 Å². The molecule has 2 aromatic rings. The molecule has 5 nitrogen and oxygen atoms in total. The highest BCUT2D eigenvalue weighted by Gasteiger charge is 2.23. The maximum absolute atomic E-state index is 12.0. The van der Waals surface area contributed by atoms with E-state index in [1.54, 1.807) is 0 Å². The first kappa shape index (κ1) is 14.9. The lowest BCUT2D eigenvalue weighted by Gasteiger charge is -2.20. The molecule has 1 atom stereocenters. The fourth-order valence-electron chi connectivity index (χ4n) is 2.98. The van der Waals surface area contributed by atoms with Crippen LogP contribution in [0.3, 0.4) is 0 Å². The number of imidazole rings is 1. The van der Waals surface area contributed by atoms with E-state index in [0.717, 1.165) is 29.8 Å². The number of benzene rings is 1. The van der Waals surface area contributed by atoms with Crippen LogP contribution in [0.5, 0.6) is 0 Å². The number of aryl methyl sites for hydroxylation is 1. The molecule has 0 bridgehead atoms. The Morgan fingerprint density at radius 2 is 2.18 bits per heavy atom. The van der Waals surface area contributed by atoms with Crippen molar-refractivity contribution in [1.82, 2.24) is 9.55 Å². The average Bonchev–Trinajstić information content (AvgIpc) is 2.78. The molecule has 0 radical (unpaired) electrons. The zero-order chi connectivity index (χ0) is 15.9. The molecule has 0 saturated heterocycles. The van der Waals surface area contributed by atoms with Crippen LogP contribution in [0.1, 0.15) is 52.3 Å². The van der Waals surface area contributed by atoms with Gasteiger partial charge in [0.05, 0.1) is 11.2 Å². The van der Waals surface area contributed by atoms with Crippen LogP contribution < -0.4 is 5.32 Å². The van der Waals surface area contributed by atoms with E-state index >= 15 is 0 Å². The van der Waals surface area contributed by atoms with Crippen molar-refractivity contribution in [3.63, 3.8) is 0 Å². The third-order valence-corrected chi connectivity index (χ3v) is 3.90. The van der Waals surface area contributed by atoms with Crippen LogP contribution >= 0.6 is 0 Å².